The molecule has 1 saturated heterocycles. The maximum Gasteiger partial charge on any atom is 0.231 e. The van der Waals surface area contributed by atoms with Gasteiger partial charge in [-0.05, 0) is 47.9 Å². The summed E-state index contributed by atoms with van der Waals surface area (Å²) in [6.07, 6.45) is 0.549. The van der Waals surface area contributed by atoms with E-state index >= 15 is 0 Å². The number of ether oxygens (including phenoxy) is 2. The third-order valence-corrected chi connectivity index (χ3v) is 5.33. The summed E-state index contributed by atoms with van der Waals surface area (Å²) in [6.45, 7) is 9.35. The van der Waals surface area contributed by atoms with E-state index in [0.717, 1.165) is 49.9 Å². The van der Waals surface area contributed by atoms with Crippen LogP contribution in [0.5, 0.6) is 11.5 Å². The Morgan fingerprint density at radius 1 is 1.00 bits per heavy atom. The van der Waals surface area contributed by atoms with Gasteiger partial charge in [0, 0.05) is 50.5 Å². The van der Waals surface area contributed by atoms with Crippen LogP contribution in [0, 0.1) is 5.92 Å². The van der Waals surface area contributed by atoms with Gasteiger partial charge in [-0.1, -0.05) is 19.9 Å². The van der Waals surface area contributed by atoms with E-state index in [-0.39, 0.29) is 5.91 Å². The molecule has 0 atom stereocenters. The van der Waals surface area contributed by atoms with Crippen molar-refractivity contribution >= 4 is 17.3 Å². The van der Waals surface area contributed by atoms with Crippen molar-refractivity contribution in [2.75, 3.05) is 43.2 Å². The van der Waals surface area contributed by atoms with Gasteiger partial charge in [0.15, 0.2) is 11.5 Å². The molecule has 2 aromatic rings. The van der Waals surface area contributed by atoms with E-state index in [4.69, 9.17) is 9.47 Å². The quantitative estimate of drug-likeness (QED) is 0.808. The highest BCUT2D eigenvalue weighted by Gasteiger charge is 2.19. The summed E-state index contributed by atoms with van der Waals surface area (Å²) in [5.74, 6) is 2.12. The molecule has 2 aromatic carbocycles. The van der Waals surface area contributed by atoms with Gasteiger partial charge in [-0.3, -0.25) is 9.69 Å². The highest BCUT2D eigenvalue weighted by Crippen LogP contribution is 2.33. The average molecular weight is 396 g/mol. The molecule has 0 aliphatic carbocycles. The van der Waals surface area contributed by atoms with Crippen LogP contribution in [0.3, 0.4) is 0 Å². The molecule has 4 rings (SSSR count). The number of hydrogen-bond acceptors (Lipinski definition) is 5. The molecule has 0 aromatic heterocycles. The molecule has 0 bridgehead atoms. The molecule has 6 nitrogen and oxygen atoms in total. The Bertz CT molecular complexity index is 843. The Morgan fingerprint density at radius 2 is 1.72 bits per heavy atom. The molecule has 2 aliphatic rings. The number of benzene rings is 2. The van der Waals surface area contributed by atoms with Gasteiger partial charge in [0.2, 0.25) is 12.7 Å². The molecule has 1 fully saturated rings. The Kier molecular flexibility index (Phi) is 5.90. The molecule has 0 saturated carbocycles. The van der Waals surface area contributed by atoms with E-state index in [9.17, 15) is 4.79 Å². The number of anilines is 2. The van der Waals surface area contributed by atoms with Gasteiger partial charge >= 0.3 is 0 Å². The van der Waals surface area contributed by atoms with Crippen LogP contribution in [0.2, 0.25) is 0 Å². The first-order valence-electron chi connectivity index (χ1n) is 10.3. The van der Waals surface area contributed by atoms with Crippen LogP contribution in [0.4, 0.5) is 11.4 Å². The summed E-state index contributed by atoms with van der Waals surface area (Å²) < 4.78 is 10.9. The predicted molar refractivity (Wildman–Crippen MR) is 115 cm³/mol. The lowest BCUT2D eigenvalue weighted by Gasteiger charge is -2.36. The second-order valence-corrected chi connectivity index (χ2v) is 8.14. The van der Waals surface area contributed by atoms with Crippen LogP contribution in [0.15, 0.2) is 42.5 Å². The zero-order chi connectivity index (χ0) is 20.2. The number of hydrogen-bond donors (Lipinski definition) is 1. The van der Waals surface area contributed by atoms with E-state index in [0.29, 0.717) is 19.1 Å². The normalized spacial score (nSPS) is 16.3. The zero-order valence-electron chi connectivity index (χ0n) is 17.2. The molecular weight excluding hydrogens is 366 g/mol. The van der Waals surface area contributed by atoms with Crippen molar-refractivity contribution in [1.82, 2.24) is 4.90 Å². The van der Waals surface area contributed by atoms with Crippen molar-refractivity contribution in [3.05, 3.63) is 48.0 Å². The number of nitrogens with zero attached hydrogens (tertiary/aromatic N) is 2. The maximum absolute atomic E-state index is 11.9. The third kappa shape index (κ3) is 5.01. The fourth-order valence-corrected chi connectivity index (χ4v) is 3.80. The van der Waals surface area contributed by atoms with Crippen LogP contribution >= 0.6 is 0 Å². The third-order valence-electron chi connectivity index (χ3n) is 5.33. The number of rotatable bonds is 6. The largest absolute Gasteiger partial charge is 0.454 e. The smallest absolute Gasteiger partial charge is 0.231 e. The van der Waals surface area contributed by atoms with Gasteiger partial charge in [-0.2, -0.15) is 0 Å². The van der Waals surface area contributed by atoms with Crippen LogP contribution in [0.1, 0.15) is 25.8 Å². The van der Waals surface area contributed by atoms with Crippen molar-refractivity contribution in [2.24, 2.45) is 5.92 Å². The Morgan fingerprint density at radius 3 is 2.45 bits per heavy atom. The predicted octanol–water partition coefficient (Wildman–Crippen LogP) is 3.72. The molecule has 6 heteroatoms. The second kappa shape index (κ2) is 8.74. The summed E-state index contributed by atoms with van der Waals surface area (Å²) in [5.41, 5.74) is 3.32. The molecule has 2 aliphatic heterocycles. The van der Waals surface area contributed by atoms with Gasteiger partial charge in [-0.25, -0.2) is 0 Å². The lowest BCUT2D eigenvalue weighted by molar-refractivity contribution is -0.116. The molecule has 0 radical (unpaired) electrons. The van der Waals surface area contributed by atoms with Crippen molar-refractivity contribution in [1.29, 1.82) is 0 Å². The van der Waals surface area contributed by atoms with Crippen molar-refractivity contribution < 1.29 is 14.3 Å². The number of nitrogens with one attached hydrogen (secondary N) is 1. The van der Waals surface area contributed by atoms with E-state index in [1.165, 1.54) is 11.3 Å². The highest BCUT2D eigenvalue weighted by molar-refractivity contribution is 5.91. The monoisotopic (exact) mass is 395 g/mol. The van der Waals surface area contributed by atoms with Gasteiger partial charge < -0.3 is 19.7 Å². The topological polar surface area (TPSA) is 54.0 Å². The Labute approximate surface area is 172 Å². The van der Waals surface area contributed by atoms with Crippen LogP contribution < -0.4 is 19.7 Å². The van der Waals surface area contributed by atoms with Crippen LogP contribution in [-0.2, 0) is 11.3 Å². The Balaban J connectivity index is 1.27. The summed E-state index contributed by atoms with van der Waals surface area (Å²) in [6, 6.07) is 14.4. The number of fused-ring (bicyclic) bond motifs is 1. The van der Waals surface area contributed by atoms with Crippen LogP contribution in [-0.4, -0.2) is 43.8 Å². The molecule has 2 heterocycles. The first-order valence-corrected chi connectivity index (χ1v) is 10.3. The van der Waals surface area contributed by atoms with Gasteiger partial charge in [0.1, 0.15) is 0 Å². The minimum atomic E-state index is 0.0740. The second-order valence-electron chi connectivity index (χ2n) is 8.14. The van der Waals surface area contributed by atoms with Crippen molar-refractivity contribution in [2.45, 2.75) is 26.8 Å². The van der Waals surface area contributed by atoms with Crippen molar-refractivity contribution in [3.63, 3.8) is 0 Å². The first-order chi connectivity index (χ1) is 14.1. The van der Waals surface area contributed by atoms with E-state index in [1.54, 1.807) is 0 Å². The summed E-state index contributed by atoms with van der Waals surface area (Å²) in [5, 5.41) is 2.97. The molecule has 1 N–H and O–H groups in total. The minimum absolute atomic E-state index is 0.0740. The summed E-state index contributed by atoms with van der Waals surface area (Å²) in [4.78, 5) is 16.8. The molecule has 29 heavy (non-hydrogen) atoms. The fourth-order valence-electron chi connectivity index (χ4n) is 3.80. The van der Waals surface area contributed by atoms with Gasteiger partial charge in [-0.15, -0.1) is 0 Å². The standard InChI is InChI=1S/C23H29N3O3/c1-17(2)13-23(27)24-19-4-6-20(7-5-19)26-11-9-25(10-12-26)15-18-3-8-21-22(14-18)29-16-28-21/h3-8,14,17H,9-13,15-16H2,1-2H3,(H,24,27). The zero-order valence-corrected chi connectivity index (χ0v) is 17.2. The molecule has 0 unspecified atom stereocenters. The van der Waals surface area contributed by atoms with Crippen molar-refractivity contribution in [3.8, 4) is 11.5 Å². The first kappa shape index (κ1) is 19.6. The molecule has 1 amide bonds. The number of carbonyl (C=O) groups is 1. The van der Waals surface area contributed by atoms with E-state index in [2.05, 4.69) is 53.2 Å². The van der Waals surface area contributed by atoms with E-state index < -0.39 is 0 Å². The highest BCUT2D eigenvalue weighted by atomic mass is 16.7. The van der Waals surface area contributed by atoms with E-state index in [1.807, 2.05) is 18.2 Å². The van der Waals surface area contributed by atoms with Gasteiger partial charge in [0.25, 0.3) is 0 Å². The molecular formula is C23H29N3O3. The fraction of sp³-hybridized carbons (Fsp3) is 0.435. The number of amides is 1. The SMILES string of the molecule is CC(C)CC(=O)Nc1ccc(N2CCN(Cc3ccc4c(c3)OCO4)CC2)cc1. The molecule has 0 spiro atoms. The molecule has 154 valence electrons. The maximum atomic E-state index is 11.9. The Hall–Kier alpha value is -2.73. The van der Waals surface area contributed by atoms with Crippen LogP contribution in [0.25, 0.3) is 0 Å². The lowest BCUT2D eigenvalue weighted by atomic mass is 10.1. The average Bonchev–Trinajstić information content (AvgIpc) is 3.16. The minimum Gasteiger partial charge on any atom is -0.454 e. The lowest BCUT2D eigenvalue weighted by Crippen LogP contribution is -2.45. The number of piperazine rings is 1. The summed E-state index contributed by atoms with van der Waals surface area (Å²) >= 11 is 0. The number of carbonyl (C=O) groups excluding carboxylic acids is 1. The summed E-state index contributed by atoms with van der Waals surface area (Å²) in [7, 11) is 0. The van der Waals surface area contributed by atoms with Gasteiger partial charge in [0.05, 0.1) is 0 Å².